The number of methoxy groups -OCH3 is 1. The van der Waals surface area contributed by atoms with Gasteiger partial charge in [0, 0.05) is 25.1 Å². The summed E-state index contributed by atoms with van der Waals surface area (Å²) in [7, 11) is 1.67. The van der Waals surface area contributed by atoms with Crippen molar-refractivity contribution in [3.63, 3.8) is 0 Å². The number of rotatable bonds is 8. The molecule has 0 atom stereocenters. The van der Waals surface area contributed by atoms with Gasteiger partial charge in [0.05, 0.1) is 23.8 Å². The van der Waals surface area contributed by atoms with Crippen LogP contribution in [0, 0.1) is 0 Å². The number of hydrogen-bond acceptors (Lipinski definition) is 9. The molecule has 138 valence electrons. The smallest absolute Gasteiger partial charge is 0.257 e. The summed E-state index contributed by atoms with van der Waals surface area (Å²) in [4.78, 5) is 5.01. The lowest BCUT2D eigenvalue weighted by molar-refractivity contribution is 0.185. The van der Waals surface area contributed by atoms with Crippen molar-refractivity contribution in [3.8, 4) is 22.2 Å². The molecular weight excluding hydrogens is 384 g/mol. The lowest BCUT2D eigenvalue weighted by atomic mass is 10.2. The molecule has 0 aliphatic heterocycles. The Morgan fingerprint density at radius 3 is 2.81 bits per heavy atom. The predicted octanol–water partition coefficient (Wildman–Crippen LogP) is 3.39. The van der Waals surface area contributed by atoms with Gasteiger partial charge < -0.3 is 9.15 Å². The molecule has 4 aromatic rings. The van der Waals surface area contributed by atoms with E-state index in [1.165, 1.54) is 11.8 Å². The molecule has 0 aromatic carbocycles. The van der Waals surface area contributed by atoms with Crippen LogP contribution in [0.2, 0.25) is 0 Å². The van der Waals surface area contributed by atoms with Crippen molar-refractivity contribution < 1.29 is 9.15 Å². The van der Waals surface area contributed by atoms with E-state index >= 15 is 0 Å². The van der Waals surface area contributed by atoms with E-state index in [0.717, 1.165) is 21.4 Å². The average molecular weight is 400 g/mol. The fourth-order valence-electron chi connectivity index (χ4n) is 2.43. The fraction of sp³-hybridized carbons (Fsp3) is 0.235. The predicted molar refractivity (Wildman–Crippen MR) is 102 cm³/mol. The summed E-state index contributed by atoms with van der Waals surface area (Å²) < 4.78 is 13.0. The summed E-state index contributed by atoms with van der Waals surface area (Å²) in [5, 5.41) is 19.7. The van der Waals surface area contributed by atoms with Crippen LogP contribution in [-0.2, 0) is 17.0 Å². The monoisotopic (exact) mass is 400 g/mol. The molecule has 0 fully saturated rings. The van der Waals surface area contributed by atoms with Crippen LogP contribution in [0.1, 0.15) is 5.89 Å². The zero-order valence-corrected chi connectivity index (χ0v) is 16.1. The molecule has 10 heteroatoms. The zero-order valence-electron chi connectivity index (χ0n) is 14.5. The topological polar surface area (TPSA) is 91.8 Å². The van der Waals surface area contributed by atoms with Gasteiger partial charge in [0.2, 0.25) is 5.89 Å². The minimum absolute atomic E-state index is 0.514. The average Bonchev–Trinajstić information content (AvgIpc) is 3.45. The Kier molecular flexibility index (Phi) is 5.56. The van der Waals surface area contributed by atoms with E-state index in [1.807, 2.05) is 34.2 Å². The summed E-state index contributed by atoms with van der Waals surface area (Å²) in [6, 6.07) is 7.73. The number of thioether (sulfide) groups is 1. The third-order valence-corrected chi connectivity index (χ3v) is 5.51. The van der Waals surface area contributed by atoms with E-state index < -0.39 is 0 Å². The van der Waals surface area contributed by atoms with Crippen molar-refractivity contribution in [1.82, 2.24) is 29.9 Å². The maximum atomic E-state index is 5.74. The molecule has 0 aliphatic rings. The molecule has 0 aliphatic carbocycles. The minimum atomic E-state index is 0.514. The van der Waals surface area contributed by atoms with Gasteiger partial charge in [-0.3, -0.25) is 9.55 Å². The third-order valence-electron chi connectivity index (χ3n) is 3.70. The Morgan fingerprint density at radius 2 is 2.04 bits per heavy atom. The van der Waals surface area contributed by atoms with E-state index in [-0.39, 0.29) is 0 Å². The van der Waals surface area contributed by atoms with Gasteiger partial charge in [0.15, 0.2) is 11.0 Å². The number of pyridine rings is 1. The lowest BCUT2D eigenvalue weighted by Gasteiger charge is -2.08. The molecule has 8 nitrogen and oxygen atoms in total. The van der Waals surface area contributed by atoms with Crippen LogP contribution in [0.25, 0.3) is 22.2 Å². The second kappa shape index (κ2) is 8.42. The maximum absolute atomic E-state index is 5.74. The molecule has 4 aromatic heterocycles. The van der Waals surface area contributed by atoms with Gasteiger partial charge in [-0.2, -0.15) is 0 Å². The van der Waals surface area contributed by atoms with Crippen molar-refractivity contribution in [1.29, 1.82) is 0 Å². The number of aromatic nitrogens is 6. The summed E-state index contributed by atoms with van der Waals surface area (Å²) in [5.41, 5.74) is 0.957. The molecule has 4 heterocycles. The van der Waals surface area contributed by atoms with Gasteiger partial charge in [-0.05, 0) is 23.6 Å². The Morgan fingerprint density at radius 1 is 1.15 bits per heavy atom. The van der Waals surface area contributed by atoms with Crippen LogP contribution in [0.5, 0.6) is 0 Å². The molecule has 0 radical (unpaired) electrons. The van der Waals surface area contributed by atoms with Crippen molar-refractivity contribution in [3.05, 3.63) is 47.9 Å². The quantitative estimate of drug-likeness (QED) is 0.416. The molecule has 0 amide bonds. The third kappa shape index (κ3) is 4.07. The summed E-state index contributed by atoms with van der Waals surface area (Å²) in [6.45, 7) is 1.21. The van der Waals surface area contributed by atoms with Gasteiger partial charge in [0.25, 0.3) is 5.89 Å². The molecule has 0 bridgehead atoms. The van der Waals surface area contributed by atoms with Crippen LogP contribution in [-0.4, -0.2) is 43.7 Å². The Balaban J connectivity index is 1.52. The van der Waals surface area contributed by atoms with Crippen molar-refractivity contribution in [2.45, 2.75) is 17.5 Å². The van der Waals surface area contributed by atoms with Crippen LogP contribution in [0.3, 0.4) is 0 Å². The van der Waals surface area contributed by atoms with Gasteiger partial charge >= 0.3 is 0 Å². The van der Waals surface area contributed by atoms with E-state index in [0.29, 0.717) is 30.7 Å². The first kappa shape index (κ1) is 17.8. The Labute approximate surface area is 163 Å². The molecule has 0 saturated carbocycles. The Hall–Kier alpha value is -2.56. The molecule has 27 heavy (non-hydrogen) atoms. The first-order valence-electron chi connectivity index (χ1n) is 8.16. The number of hydrogen-bond donors (Lipinski definition) is 0. The van der Waals surface area contributed by atoms with Crippen LogP contribution in [0.15, 0.2) is 51.6 Å². The number of nitrogens with zero attached hydrogens (tertiary/aromatic N) is 6. The summed E-state index contributed by atoms with van der Waals surface area (Å²) >= 11 is 3.07. The maximum Gasteiger partial charge on any atom is 0.257 e. The number of ether oxygens (including phenoxy) is 1. The van der Waals surface area contributed by atoms with E-state index in [9.17, 15) is 0 Å². The molecular formula is C17H16N6O2S2. The lowest BCUT2D eigenvalue weighted by Crippen LogP contribution is -2.07. The highest BCUT2D eigenvalue weighted by Crippen LogP contribution is 2.28. The first-order valence-corrected chi connectivity index (χ1v) is 10.0. The van der Waals surface area contributed by atoms with Gasteiger partial charge in [-0.15, -0.1) is 31.7 Å². The number of thiophene rings is 1. The zero-order chi connectivity index (χ0) is 18.5. The second-order valence-electron chi connectivity index (χ2n) is 5.45. The van der Waals surface area contributed by atoms with Gasteiger partial charge in [-0.1, -0.05) is 17.8 Å². The van der Waals surface area contributed by atoms with Crippen molar-refractivity contribution >= 4 is 23.1 Å². The normalized spacial score (nSPS) is 11.1. The molecule has 0 unspecified atom stereocenters. The largest absolute Gasteiger partial charge is 0.419 e. The fourth-order valence-corrected chi connectivity index (χ4v) is 3.88. The summed E-state index contributed by atoms with van der Waals surface area (Å²) in [6.07, 6.45) is 3.48. The highest BCUT2D eigenvalue weighted by atomic mass is 32.2. The second-order valence-corrected chi connectivity index (χ2v) is 7.34. The molecule has 0 spiro atoms. The molecule has 4 rings (SSSR count). The molecule has 0 N–H and O–H groups in total. The van der Waals surface area contributed by atoms with Crippen LogP contribution >= 0.6 is 23.1 Å². The van der Waals surface area contributed by atoms with Crippen molar-refractivity contribution in [2.24, 2.45) is 0 Å². The highest BCUT2D eigenvalue weighted by Gasteiger charge is 2.16. The summed E-state index contributed by atoms with van der Waals surface area (Å²) in [5.74, 6) is 2.38. The van der Waals surface area contributed by atoms with E-state index in [2.05, 4.69) is 25.4 Å². The molecule has 0 saturated heterocycles. The van der Waals surface area contributed by atoms with Gasteiger partial charge in [0.1, 0.15) is 0 Å². The SMILES string of the molecule is COCCn1c(SCc2nnc(-c3cccs3)o2)nnc1-c1ccncc1. The van der Waals surface area contributed by atoms with Crippen LogP contribution < -0.4 is 0 Å². The van der Waals surface area contributed by atoms with E-state index in [4.69, 9.17) is 9.15 Å². The Bertz CT molecular complexity index is 984. The van der Waals surface area contributed by atoms with Crippen LogP contribution in [0.4, 0.5) is 0 Å². The standard InChI is InChI=1S/C17H16N6O2S2/c1-24-9-8-23-15(12-4-6-18-7-5-12)20-22-17(23)27-11-14-19-21-16(25-14)13-3-2-10-26-13/h2-7,10H,8-9,11H2,1H3. The van der Waals surface area contributed by atoms with E-state index in [1.54, 1.807) is 30.8 Å². The minimum Gasteiger partial charge on any atom is -0.419 e. The van der Waals surface area contributed by atoms with Gasteiger partial charge in [-0.25, -0.2) is 0 Å². The van der Waals surface area contributed by atoms with Crippen molar-refractivity contribution in [2.75, 3.05) is 13.7 Å². The first-order chi connectivity index (χ1) is 13.3. The highest BCUT2D eigenvalue weighted by molar-refractivity contribution is 7.98.